The first-order chi connectivity index (χ1) is 9.85. The highest BCUT2D eigenvalue weighted by Crippen LogP contribution is 2.19. The zero-order valence-electron chi connectivity index (χ0n) is 13.8. The van der Waals surface area contributed by atoms with Gasteiger partial charge in [0.25, 0.3) is 0 Å². The molecule has 1 atom stereocenters. The van der Waals surface area contributed by atoms with Gasteiger partial charge < -0.3 is 15.3 Å². The van der Waals surface area contributed by atoms with Gasteiger partial charge in [0, 0.05) is 24.9 Å². The van der Waals surface area contributed by atoms with Crippen molar-refractivity contribution in [2.45, 2.75) is 53.0 Å². The average molecular weight is 298 g/mol. The van der Waals surface area contributed by atoms with Crippen LogP contribution in [0, 0.1) is 17.8 Å². The fourth-order valence-electron chi connectivity index (χ4n) is 2.79. The minimum Gasteiger partial charge on any atom is -0.394 e. The van der Waals surface area contributed by atoms with Crippen molar-refractivity contribution in [1.82, 2.24) is 10.2 Å². The largest absolute Gasteiger partial charge is 0.394 e. The van der Waals surface area contributed by atoms with Crippen LogP contribution >= 0.6 is 0 Å². The van der Waals surface area contributed by atoms with Crippen LogP contribution in [0.5, 0.6) is 0 Å². The number of likely N-dealkylation sites (tertiary alicyclic amines) is 1. The smallest absolute Gasteiger partial charge is 0.225 e. The molecule has 2 N–H and O–H groups in total. The number of nitrogens with zero attached hydrogens (tertiary/aromatic N) is 1. The number of carbonyl (C=O) groups is 2. The van der Waals surface area contributed by atoms with Crippen LogP contribution in [0.1, 0.15) is 47.0 Å². The Labute approximate surface area is 128 Å². The molecule has 1 aliphatic rings. The summed E-state index contributed by atoms with van der Waals surface area (Å²) in [5.41, 5.74) is 0. The van der Waals surface area contributed by atoms with Crippen molar-refractivity contribution >= 4 is 11.8 Å². The van der Waals surface area contributed by atoms with Crippen LogP contribution in [-0.2, 0) is 9.59 Å². The summed E-state index contributed by atoms with van der Waals surface area (Å²) in [7, 11) is 0. The summed E-state index contributed by atoms with van der Waals surface area (Å²) in [6.45, 7) is 9.24. The summed E-state index contributed by atoms with van der Waals surface area (Å²) in [6.07, 6.45) is 2.21. The zero-order valence-corrected chi connectivity index (χ0v) is 13.8. The van der Waals surface area contributed by atoms with Gasteiger partial charge in [-0.05, 0) is 25.2 Å². The first kappa shape index (κ1) is 18.0. The van der Waals surface area contributed by atoms with Gasteiger partial charge in [-0.3, -0.25) is 9.59 Å². The highest BCUT2D eigenvalue weighted by molar-refractivity contribution is 5.81. The molecule has 0 radical (unpaired) electrons. The molecule has 0 aromatic heterocycles. The van der Waals surface area contributed by atoms with Crippen molar-refractivity contribution in [3.05, 3.63) is 0 Å². The second kappa shape index (κ2) is 8.37. The number of hydrogen-bond acceptors (Lipinski definition) is 3. The van der Waals surface area contributed by atoms with Gasteiger partial charge in [0.15, 0.2) is 0 Å². The molecule has 1 aliphatic heterocycles. The molecule has 2 amide bonds. The van der Waals surface area contributed by atoms with E-state index in [1.165, 1.54) is 0 Å². The lowest BCUT2D eigenvalue weighted by molar-refractivity contribution is -0.138. The van der Waals surface area contributed by atoms with E-state index < -0.39 is 0 Å². The number of aliphatic hydroxyl groups excluding tert-OH is 1. The molecular weight excluding hydrogens is 268 g/mol. The van der Waals surface area contributed by atoms with Gasteiger partial charge in [-0.25, -0.2) is 0 Å². The summed E-state index contributed by atoms with van der Waals surface area (Å²) >= 11 is 0. The summed E-state index contributed by atoms with van der Waals surface area (Å²) < 4.78 is 0. The van der Waals surface area contributed by atoms with E-state index in [0.717, 1.165) is 6.42 Å². The third-order valence-corrected chi connectivity index (χ3v) is 3.99. The molecule has 5 heteroatoms. The monoisotopic (exact) mass is 298 g/mol. The molecule has 0 aliphatic carbocycles. The van der Waals surface area contributed by atoms with Gasteiger partial charge in [-0.2, -0.15) is 0 Å². The number of piperidine rings is 1. The molecule has 1 fully saturated rings. The van der Waals surface area contributed by atoms with Crippen molar-refractivity contribution in [1.29, 1.82) is 0 Å². The minimum atomic E-state index is -0.159. The lowest BCUT2D eigenvalue weighted by atomic mass is 9.94. The van der Waals surface area contributed by atoms with Crippen LogP contribution in [-0.4, -0.2) is 47.6 Å². The van der Waals surface area contributed by atoms with E-state index in [1.54, 1.807) is 0 Å². The van der Waals surface area contributed by atoms with Crippen LogP contribution in [0.4, 0.5) is 0 Å². The second-order valence-electron chi connectivity index (χ2n) is 6.77. The fourth-order valence-corrected chi connectivity index (χ4v) is 2.79. The summed E-state index contributed by atoms with van der Waals surface area (Å²) in [6, 6.07) is -0.159. The molecule has 0 aromatic rings. The van der Waals surface area contributed by atoms with Crippen molar-refractivity contribution in [3.8, 4) is 0 Å². The fraction of sp³-hybridized carbons (Fsp3) is 0.875. The lowest BCUT2D eigenvalue weighted by Gasteiger charge is -2.33. The van der Waals surface area contributed by atoms with E-state index in [4.69, 9.17) is 0 Å². The molecule has 1 rings (SSSR count). The number of aliphatic hydroxyl groups is 1. The summed E-state index contributed by atoms with van der Waals surface area (Å²) in [5.74, 6) is 0.601. The molecular formula is C16H30N2O3. The Bertz CT molecular complexity index is 347. The molecule has 122 valence electrons. The lowest BCUT2D eigenvalue weighted by Crippen LogP contribution is -2.47. The van der Waals surface area contributed by atoms with Crippen molar-refractivity contribution in [2.24, 2.45) is 17.8 Å². The quantitative estimate of drug-likeness (QED) is 0.779. The second-order valence-corrected chi connectivity index (χ2v) is 6.77. The van der Waals surface area contributed by atoms with Crippen LogP contribution in [0.2, 0.25) is 0 Å². The maximum absolute atomic E-state index is 12.2. The first-order valence-electron chi connectivity index (χ1n) is 8.05. The number of amides is 2. The number of rotatable bonds is 6. The highest BCUT2D eigenvalue weighted by Gasteiger charge is 2.29. The zero-order chi connectivity index (χ0) is 16.0. The van der Waals surface area contributed by atoms with Crippen molar-refractivity contribution < 1.29 is 14.7 Å². The normalized spacial score (nSPS) is 18.1. The molecule has 0 saturated carbocycles. The predicted molar refractivity (Wildman–Crippen MR) is 82.6 cm³/mol. The third-order valence-electron chi connectivity index (χ3n) is 3.99. The van der Waals surface area contributed by atoms with E-state index in [2.05, 4.69) is 19.2 Å². The Kier molecular flexibility index (Phi) is 7.15. The Morgan fingerprint density at radius 1 is 1.19 bits per heavy atom. The molecule has 0 aromatic carbocycles. The Balaban J connectivity index is 2.42. The molecule has 21 heavy (non-hydrogen) atoms. The Hall–Kier alpha value is -1.10. The van der Waals surface area contributed by atoms with Crippen LogP contribution in [0.25, 0.3) is 0 Å². The topological polar surface area (TPSA) is 69.6 Å². The van der Waals surface area contributed by atoms with Gasteiger partial charge >= 0.3 is 0 Å². The van der Waals surface area contributed by atoms with E-state index in [-0.39, 0.29) is 36.3 Å². The molecule has 1 heterocycles. The summed E-state index contributed by atoms with van der Waals surface area (Å²) in [4.78, 5) is 26.0. The maximum atomic E-state index is 12.2. The highest BCUT2D eigenvalue weighted by atomic mass is 16.3. The average Bonchev–Trinajstić information content (AvgIpc) is 2.45. The van der Waals surface area contributed by atoms with E-state index in [1.807, 2.05) is 18.7 Å². The predicted octanol–water partition coefficient (Wildman–Crippen LogP) is 1.40. The van der Waals surface area contributed by atoms with E-state index in [0.29, 0.717) is 31.8 Å². The van der Waals surface area contributed by atoms with Crippen molar-refractivity contribution in [3.63, 3.8) is 0 Å². The third kappa shape index (κ3) is 5.65. The van der Waals surface area contributed by atoms with Gasteiger partial charge in [-0.1, -0.05) is 27.7 Å². The van der Waals surface area contributed by atoms with E-state index in [9.17, 15) is 14.7 Å². The van der Waals surface area contributed by atoms with Crippen LogP contribution in [0.3, 0.4) is 0 Å². The standard InChI is InChI=1S/C16H30N2O3/c1-11(2)9-14(10-19)17-15(20)13-5-7-18(8-6-13)16(21)12(3)4/h11-14,19H,5-10H2,1-4H3,(H,17,20). The Morgan fingerprint density at radius 2 is 1.76 bits per heavy atom. The minimum absolute atomic E-state index is 0.0141. The van der Waals surface area contributed by atoms with E-state index >= 15 is 0 Å². The summed E-state index contributed by atoms with van der Waals surface area (Å²) in [5, 5.41) is 12.3. The van der Waals surface area contributed by atoms with Crippen molar-refractivity contribution in [2.75, 3.05) is 19.7 Å². The molecule has 0 spiro atoms. The van der Waals surface area contributed by atoms with Gasteiger partial charge in [-0.15, -0.1) is 0 Å². The number of carbonyl (C=O) groups excluding carboxylic acids is 2. The number of hydrogen-bond donors (Lipinski definition) is 2. The molecule has 1 unspecified atom stereocenters. The number of nitrogens with one attached hydrogen (secondary N) is 1. The van der Waals surface area contributed by atoms with Crippen LogP contribution in [0.15, 0.2) is 0 Å². The maximum Gasteiger partial charge on any atom is 0.225 e. The molecule has 5 nitrogen and oxygen atoms in total. The van der Waals surface area contributed by atoms with Crippen LogP contribution < -0.4 is 5.32 Å². The SMILES string of the molecule is CC(C)CC(CO)NC(=O)C1CCN(C(=O)C(C)C)CC1. The molecule has 0 bridgehead atoms. The Morgan fingerprint density at radius 3 is 2.19 bits per heavy atom. The van der Waals surface area contributed by atoms with Gasteiger partial charge in [0.2, 0.25) is 11.8 Å². The first-order valence-corrected chi connectivity index (χ1v) is 8.05. The molecule has 1 saturated heterocycles. The van der Waals surface area contributed by atoms with Gasteiger partial charge in [0.1, 0.15) is 0 Å². The van der Waals surface area contributed by atoms with Gasteiger partial charge in [0.05, 0.1) is 12.6 Å².